The van der Waals surface area contributed by atoms with E-state index in [2.05, 4.69) is 20.7 Å². The molecule has 2 N–H and O–H groups in total. The number of carbonyl (C=O) groups is 1. The van der Waals surface area contributed by atoms with Gasteiger partial charge in [0.2, 0.25) is 0 Å². The van der Waals surface area contributed by atoms with Crippen LogP contribution in [0.1, 0.15) is 39.2 Å². The molecule has 1 unspecified atom stereocenters. The minimum absolute atomic E-state index is 0.00490. The van der Waals surface area contributed by atoms with Crippen LogP contribution in [0.4, 0.5) is 22.0 Å². The Bertz CT molecular complexity index is 1270. The highest BCUT2D eigenvalue weighted by molar-refractivity contribution is 6.32. The maximum Gasteiger partial charge on any atom is 0.410 e. The summed E-state index contributed by atoms with van der Waals surface area (Å²) in [5.41, 5.74) is 5.49. The van der Waals surface area contributed by atoms with Crippen LogP contribution < -0.4 is 20.5 Å². The number of halogens is 1. The normalized spacial score (nSPS) is 17.4. The summed E-state index contributed by atoms with van der Waals surface area (Å²) in [6, 6.07) is 15.6. The number of hydrogen-bond donors (Lipinski definition) is 2. The Labute approximate surface area is 221 Å². The number of para-hydroxylation sites is 1. The Kier molecular flexibility index (Phi) is 7.08. The van der Waals surface area contributed by atoms with Crippen molar-refractivity contribution in [1.82, 2.24) is 20.3 Å². The molecule has 2 aromatic carbocycles. The number of hydrazine groups is 1. The second-order valence-electron chi connectivity index (χ2n) is 10.1. The fourth-order valence-corrected chi connectivity index (χ4v) is 4.72. The molecule has 1 atom stereocenters. The Morgan fingerprint density at radius 2 is 1.95 bits per heavy atom. The van der Waals surface area contributed by atoms with E-state index in [1.165, 1.54) is 6.33 Å². The second-order valence-corrected chi connectivity index (χ2v) is 10.5. The molecule has 194 valence electrons. The zero-order valence-electron chi connectivity index (χ0n) is 21.2. The zero-order valence-corrected chi connectivity index (χ0v) is 22.0. The van der Waals surface area contributed by atoms with E-state index in [0.29, 0.717) is 36.3 Å². The Balaban J connectivity index is 1.34. The fraction of sp³-hybridized carbons (Fsp3) is 0.370. The van der Waals surface area contributed by atoms with Gasteiger partial charge in [-0.05, 0) is 69.5 Å². The molecule has 10 heteroatoms. The van der Waals surface area contributed by atoms with Crippen LogP contribution in [0.5, 0.6) is 11.5 Å². The molecule has 1 amide bonds. The number of aromatic nitrogens is 2. The number of nitrogens with zero attached hydrogens (tertiary/aromatic N) is 4. The summed E-state index contributed by atoms with van der Waals surface area (Å²) in [5, 5.41) is 5.72. The minimum Gasteiger partial charge on any atom is -0.457 e. The van der Waals surface area contributed by atoms with E-state index < -0.39 is 5.60 Å². The summed E-state index contributed by atoms with van der Waals surface area (Å²) in [6.45, 7) is 7.40. The van der Waals surface area contributed by atoms with Crippen molar-refractivity contribution in [3.63, 3.8) is 0 Å². The summed E-state index contributed by atoms with van der Waals surface area (Å²) < 4.78 is 11.6. The molecular weight excluding hydrogens is 492 g/mol. The highest BCUT2D eigenvalue weighted by Crippen LogP contribution is 2.41. The molecule has 0 saturated carbocycles. The van der Waals surface area contributed by atoms with E-state index in [-0.39, 0.29) is 12.1 Å². The minimum atomic E-state index is -0.536. The first-order chi connectivity index (χ1) is 17.8. The van der Waals surface area contributed by atoms with Crippen LogP contribution in [-0.4, -0.2) is 45.7 Å². The number of amides is 1. The third-order valence-corrected chi connectivity index (χ3v) is 6.39. The first kappa shape index (κ1) is 25.1. The predicted octanol–water partition coefficient (Wildman–Crippen LogP) is 5.89. The maximum absolute atomic E-state index is 12.6. The average Bonchev–Trinajstić information content (AvgIpc) is 3.27. The number of anilines is 3. The number of piperidine rings is 1. The van der Waals surface area contributed by atoms with Crippen LogP contribution in [-0.2, 0) is 11.3 Å². The fourth-order valence-electron chi connectivity index (χ4n) is 4.50. The smallest absolute Gasteiger partial charge is 0.410 e. The molecule has 9 nitrogen and oxygen atoms in total. The molecule has 2 aliphatic heterocycles. The first-order valence-electron chi connectivity index (χ1n) is 12.4. The second kappa shape index (κ2) is 10.4. The summed E-state index contributed by atoms with van der Waals surface area (Å²) in [4.78, 5) is 23.1. The molecule has 0 spiro atoms. The lowest BCUT2D eigenvalue weighted by atomic mass is 10.1. The van der Waals surface area contributed by atoms with Gasteiger partial charge < -0.3 is 19.7 Å². The van der Waals surface area contributed by atoms with Gasteiger partial charge in [-0.15, -0.1) is 0 Å². The molecular formula is C27H31ClN6O3. The van der Waals surface area contributed by atoms with Gasteiger partial charge in [0.15, 0.2) is 11.0 Å². The molecule has 2 aliphatic rings. The number of benzene rings is 2. The van der Waals surface area contributed by atoms with Crippen molar-refractivity contribution in [1.29, 1.82) is 0 Å². The van der Waals surface area contributed by atoms with Crippen LogP contribution >= 0.6 is 11.6 Å². The summed E-state index contributed by atoms with van der Waals surface area (Å²) >= 11 is 6.60. The molecule has 3 heterocycles. The van der Waals surface area contributed by atoms with Gasteiger partial charge in [0.05, 0.1) is 5.69 Å². The van der Waals surface area contributed by atoms with E-state index in [4.69, 9.17) is 21.1 Å². The molecule has 5 rings (SSSR count). The number of rotatable bonds is 5. The molecule has 1 saturated heterocycles. The van der Waals surface area contributed by atoms with Crippen LogP contribution in [0, 0.1) is 0 Å². The number of carbonyl (C=O) groups excluding carboxylic acids is 1. The van der Waals surface area contributed by atoms with E-state index in [9.17, 15) is 4.79 Å². The molecule has 1 fully saturated rings. The van der Waals surface area contributed by atoms with E-state index in [1.54, 1.807) is 4.90 Å². The number of ether oxygens (including phenoxy) is 2. The van der Waals surface area contributed by atoms with Gasteiger partial charge in [-0.2, -0.15) is 0 Å². The van der Waals surface area contributed by atoms with Crippen LogP contribution in [0.3, 0.4) is 0 Å². The third-order valence-electron chi connectivity index (χ3n) is 6.11. The van der Waals surface area contributed by atoms with Gasteiger partial charge in [-0.1, -0.05) is 29.8 Å². The Morgan fingerprint density at radius 3 is 2.73 bits per heavy atom. The van der Waals surface area contributed by atoms with Gasteiger partial charge in [0, 0.05) is 25.7 Å². The van der Waals surface area contributed by atoms with Crippen molar-refractivity contribution >= 4 is 34.9 Å². The summed E-state index contributed by atoms with van der Waals surface area (Å²) in [7, 11) is 0. The summed E-state index contributed by atoms with van der Waals surface area (Å²) in [5.74, 6) is 2.14. The largest absolute Gasteiger partial charge is 0.457 e. The topological polar surface area (TPSA) is 91.8 Å². The van der Waals surface area contributed by atoms with Crippen LogP contribution in [0.25, 0.3) is 0 Å². The summed E-state index contributed by atoms with van der Waals surface area (Å²) in [6.07, 6.45) is 2.89. The van der Waals surface area contributed by atoms with Gasteiger partial charge >= 0.3 is 6.09 Å². The van der Waals surface area contributed by atoms with Gasteiger partial charge in [0.1, 0.15) is 29.1 Å². The highest BCUT2D eigenvalue weighted by atomic mass is 35.5. The lowest BCUT2D eigenvalue weighted by molar-refractivity contribution is 0.0206. The molecule has 37 heavy (non-hydrogen) atoms. The monoisotopic (exact) mass is 522 g/mol. The standard InChI is InChI=1S/C27H31ClN6O3/c1-27(2,3)37-26(35)33-13-7-8-19(16-33)32-25-23(24(28)29-17-30-25)34-22-12-11-21(14-18(22)15-31-34)36-20-9-5-4-6-10-20/h4-6,9-12,14,17,19,31H,7-8,13,15-16H2,1-3H3,(H,29,30,32). The van der Waals surface area contributed by atoms with Crippen molar-refractivity contribution in [2.45, 2.75) is 51.8 Å². The first-order valence-corrected chi connectivity index (χ1v) is 12.8. The number of nitrogens with one attached hydrogen (secondary N) is 2. The molecule has 0 radical (unpaired) electrons. The lowest BCUT2D eigenvalue weighted by Gasteiger charge is -2.35. The van der Waals surface area contributed by atoms with Crippen molar-refractivity contribution in [3.05, 3.63) is 65.6 Å². The van der Waals surface area contributed by atoms with Crippen molar-refractivity contribution in [2.75, 3.05) is 23.4 Å². The van der Waals surface area contributed by atoms with Crippen molar-refractivity contribution in [3.8, 4) is 11.5 Å². The highest BCUT2D eigenvalue weighted by Gasteiger charge is 2.31. The molecule has 0 aliphatic carbocycles. The zero-order chi connectivity index (χ0) is 26.0. The third kappa shape index (κ3) is 5.89. The molecule has 1 aromatic heterocycles. The van der Waals surface area contributed by atoms with Gasteiger partial charge in [-0.3, -0.25) is 5.01 Å². The Hall–Kier alpha value is -3.56. The molecule has 0 bridgehead atoms. The molecule has 3 aromatic rings. The van der Waals surface area contributed by atoms with E-state index in [1.807, 2.05) is 74.3 Å². The van der Waals surface area contributed by atoms with Crippen molar-refractivity contribution < 1.29 is 14.3 Å². The van der Waals surface area contributed by atoms with Gasteiger partial charge in [0.25, 0.3) is 0 Å². The number of hydrogen-bond acceptors (Lipinski definition) is 8. The van der Waals surface area contributed by atoms with Crippen molar-refractivity contribution in [2.24, 2.45) is 0 Å². The maximum atomic E-state index is 12.6. The Morgan fingerprint density at radius 1 is 1.14 bits per heavy atom. The van der Waals surface area contributed by atoms with E-state index in [0.717, 1.165) is 35.6 Å². The number of likely N-dealkylation sites (tertiary alicyclic amines) is 1. The number of fused-ring (bicyclic) bond motifs is 1. The van der Waals surface area contributed by atoms with Crippen LogP contribution in [0.2, 0.25) is 5.15 Å². The van der Waals surface area contributed by atoms with Gasteiger partial charge in [-0.25, -0.2) is 20.2 Å². The quantitative estimate of drug-likeness (QED) is 0.401. The lowest BCUT2D eigenvalue weighted by Crippen LogP contribution is -2.47. The van der Waals surface area contributed by atoms with E-state index >= 15 is 0 Å². The average molecular weight is 523 g/mol. The predicted molar refractivity (Wildman–Crippen MR) is 143 cm³/mol. The van der Waals surface area contributed by atoms with Crippen LogP contribution in [0.15, 0.2) is 54.9 Å². The SMILES string of the molecule is CC(C)(C)OC(=O)N1CCCC(Nc2ncnc(Cl)c2N2NCc3cc(Oc4ccccc4)ccc32)C1.